The Morgan fingerprint density at radius 2 is 1.83 bits per heavy atom. The number of hydrogen-bond acceptors (Lipinski definition) is 11. The van der Waals surface area contributed by atoms with Crippen LogP contribution in [0.4, 0.5) is 0 Å². The van der Waals surface area contributed by atoms with Crippen molar-refractivity contribution in [3.8, 4) is 17.4 Å². The van der Waals surface area contributed by atoms with E-state index in [1.54, 1.807) is 37.9 Å². The molecule has 1 saturated heterocycles. The van der Waals surface area contributed by atoms with Crippen LogP contribution >= 0.6 is 0 Å². The van der Waals surface area contributed by atoms with Gasteiger partial charge in [0.1, 0.15) is 40.9 Å². The molecule has 3 fully saturated rings. The maximum absolute atomic E-state index is 14.8. The first-order valence-electron chi connectivity index (χ1n) is 20.4. The fourth-order valence-corrected chi connectivity index (χ4v) is 9.32. The Labute approximate surface area is 344 Å². The molecule has 1 aromatic carbocycles. The third kappa shape index (κ3) is 8.48. The first kappa shape index (κ1) is 42.0. The van der Waals surface area contributed by atoms with Gasteiger partial charge < -0.3 is 29.7 Å². The Morgan fingerprint density at radius 3 is 2.51 bits per heavy atom. The van der Waals surface area contributed by atoms with Crippen molar-refractivity contribution in [2.45, 2.75) is 127 Å². The van der Waals surface area contributed by atoms with Gasteiger partial charge in [0.15, 0.2) is 0 Å². The molecule has 0 unspecified atom stereocenters. The smallest absolute Gasteiger partial charge is 0.272 e. The minimum atomic E-state index is -4.01. The second kappa shape index (κ2) is 16.1. The highest BCUT2D eigenvalue weighted by Crippen LogP contribution is 2.47. The zero-order valence-electron chi connectivity index (χ0n) is 34.8. The van der Waals surface area contributed by atoms with Crippen molar-refractivity contribution >= 4 is 44.6 Å². The normalized spacial score (nSPS) is 25.6. The minimum Gasteiger partial charge on any atom is -0.496 e. The van der Waals surface area contributed by atoms with Crippen molar-refractivity contribution in [1.82, 2.24) is 35.0 Å². The number of carbonyl (C=O) groups excluding carboxylic acids is 4. The zero-order valence-corrected chi connectivity index (χ0v) is 35.6. The van der Waals surface area contributed by atoms with Crippen LogP contribution in [0.1, 0.15) is 100 Å². The topological polar surface area (TPSA) is 200 Å². The van der Waals surface area contributed by atoms with Crippen LogP contribution in [0, 0.1) is 19.8 Å². The van der Waals surface area contributed by atoms with E-state index in [1.165, 1.54) is 4.90 Å². The molecule has 59 heavy (non-hydrogen) atoms. The molecule has 4 aliphatic rings. The van der Waals surface area contributed by atoms with Crippen LogP contribution < -0.4 is 29.6 Å². The number of methoxy groups -OCH3 is 1. The van der Waals surface area contributed by atoms with Crippen molar-refractivity contribution in [3.05, 3.63) is 53.4 Å². The van der Waals surface area contributed by atoms with Crippen LogP contribution in [0.15, 0.2) is 36.4 Å². The van der Waals surface area contributed by atoms with Crippen LogP contribution in [0.2, 0.25) is 0 Å². The number of aromatic nitrogens is 3. The summed E-state index contributed by atoms with van der Waals surface area (Å²) in [5.74, 6) is -1.50. The predicted molar refractivity (Wildman–Crippen MR) is 218 cm³/mol. The average Bonchev–Trinajstić information content (AvgIpc) is 4.01. The van der Waals surface area contributed by atoms with Crippen molar-refractivity contribution in [1.29, 1.82) is 0 Å². The summed E-state index contributed by atoms with van der Waals surface area (Å²) in [5, 5.41) is 10.8. The molecular weight excluding hydrogens is 779 g/mol. The lowest BCUT2D eigenvalue weighted by atomic mass is 10.0. The van der Waals surface area contributed by atoms with Crippen molar-refractivity contribution in [2.24, 2.45) is 13.0 Å². The Morgan fingerprint density at radius 1 is 1.07 bits per heavy atom. The molecule has 0 radical (unpaired) electrons. The summed E-state index contributed by atoms with van der Waals surface area (Å²) in [4.78, 5) is 63.1. The van der Waals surface area contributed by atoms with Gasteiger partial charge in [0, 0.05) is 42.1 Å². The summed E-state index contributed by atoms with van der Waals surface area (Å²) in [5.41, 5.74) is 0.763. The molecule has 3 N–H and O–H groups in total. The van der Waals surface area contributed by atoms with Gasteiger partial charge in [-0.25, -0.2) is 13.4 Å². The monoisotopic (exact) mass is 833 g/mol. The fourth-order valence-electron chi connectivity index (χ4n) is 8.01. The molecule has 5 atom stereocenters. The number of allylic oxidation sites excluding steroid dienone is 1. The van der Waals surface area contributed by atoms with Gasteiger partial charge in [-0.2, -0.15) is 5.10 Å². The maximum Gasteiger partial charge on any atom is 0.272 e. The molecule has 2 aromatic heterocycles. The second-order valence-electron chi connectivity index (χ2n) is 16.9. The van der Waals surface area contributed by atoms with E-state index in [-0.39, 0.29) is 31.2 Å². The van der Waals surface area contributed by atoms with Gasteiger partial charge >= 0.3 is 0 Å². The molecule has 2 aliphatic heterocycles. The Balaban J connectivity index is 1.24. The number of nitrogens with one attached hydrogen (secondary N) is 3. The quantitative estimate of drug-likeness (QED) is 0.250. The number of benzene rings is 1. The third-order valence-corrected chi connectivity index (χ3v) is 14.3. The minimum absolute atomic E-state index is 0.0272. The molecule has 7 rings (SSSR count). The number of nitrogens with zero attached hydrogens (tertiary/aromatic N) is 4. The number of fused-ring (bicyclic) bond motifs is 3. The summed E-state index contributed by atoms with van der Waals surface area (Å²) < 4.78 is 47.6. The lowest BCUT2D eigenvalue weighted by Gasteiger charge is -2.30. The van der Waals surface area contributed by atoms with E-state index in [1.807, 2.05) is 52.0 Å². The van der Waals surface area contributed by atoms with E-state index < -0.39 is 68.0 Å². The maximum atomic E-state index is 14.8. The largest absolute Gasteiger partial charge is 0.496 e. The number of aryl methyl sites for hydroxylation is 3. The first-order valence-corrected chi connectivity index (χ1v) is 21.9. The molecule has 4 heterocycles. The zero-order chi connectivity index (χ0) is 42.4. The molecular formula is C42H55N7O9S. The van der Waals surface area contributed by atoms with Crippen LogP contribution in [0.5, 0.6) is 17.4 Å². The van der Waals surface area contributed by atoms with Gasteiger partial charge in [0.05, 0.1) is 30.0 Å². The van der Waals surface area contributed by atoms with Crippen LogP contribution in [-0.2, 0) is 31.5 Å². The Bertz CT molecular complexity index is 2280. The molecule has 2 aliphatic carbocycles. The average molecular weight is 834 g/mol. The van der Waals surface area contributed by atoms with E-state index in [0.29, 0.717) is 60.4 Å². The number of ether oxygens (including phenoxy) is 3. The van der Waals surface area contributed by atoms with Crippen molar-refractivity contribution < 1.29 is 41.8 Å². The summed E-state index contributed by atoms with van der Waals surface area (Å²) in [6.07, 6.45) is 7.16. The number of pyridine rings is 1. The highest BCUT2D eigenvalue weighted by atomic mass is 32.2. The van der Waals surface area contributed by atoms with E-state index in [4.69, 9.17) is 19.2 Å². The lowest BCUT2D eigenvalue weighted by Crippen LogP contribution is -2.58. The fraction of sp³-hybridized carbons (Fsp3) is 0.571. The summed E-state index contributed by atoms with van der Waals surface area (Å²) in [6, 6.07) is 4.84. The SMILES string of the molecule is COc1ccc2c(O[C@@H]3C[C@H]4C(=O)N[C@]5(C(=O)NS(=O)(=O)C6(C)CC6)C[C@H]5C=CCCCCC[C@H](NC(=O)c5cc(C)n(C)n5)C(=O)N4C3)cc(OC(C)C)nc2c1C. The standard InChI is InChI=1S/C42H55N7O9S/c1-24(2)57-35-21-34(29-15-16-33(56-7)26(4)36(29)44-35)58-28-20-32-38(51)45-42(40(53)47-59(54,55)41(5)17-18-41)22-27(42)13-11-9-8-10-12-14-30(39(52)49(32)23-28)43-37(50)31-19-25(3)48(6)46-31/h11,13,15-16,19,21,24,27-28,30,32H,8-10,12,14,17-18,20,22-23H2,1-7H3,(H,43,50)(H,45,51)(H,47,53)/t27-,28-,30+,32+,42-/m1/s1. The molecule has 16 nitrogen and oxygen atoms in total. The Kier molecular flexibility index (Phi) is 11.5. The second-order valence-corrected chi connectivity index (χ2v) is 19.1. The van der Waals surface area contributed by atoms with Crippen molar-refractivity contribution in [3.63, 3.8) is 0 Å². The molecule has 17 heteroatoms. The van der Waals surface area contributed by atoms with Gasteiger partial charge in [-0.3, -0.25) is 28.6 Å². The van der Waals surface area contributed by atoms with Gasteiger partial charge in [-0.15, -0.1) is 0 Å². The predicted octanol–water partition coefficient (Wildman–Crippen LogP) is 3.92. The molecule has 2 saturated carbocycles. The molecule has 0 spiro atoms. The molecule has 3 aromatic rings. The number of hydrogen-bond donors (Lipinski definition) is 3. The summed E-state index contributed by atoms with van der Waals surface area (Å²) in [7, 11) is -0.705. The molecule has 318 valence electrons. The van der Waals surface area contributed by atoms with E-state index >= 15 is 0 Å². The number of rotatable bonds is 10. The first-order chi connectivity index (χ1) is 27.9. The van der Waals surface area contributed by atoms with E-state index in [9.17, 15) is 27.6 Å². The molecule has 4 amide bonds. The Hall–Kier alpha value is -5.19. The van der Waals surface area contributed by atoms with E-state index in [2.05, 4.69) is 20.5 Å². The van der Waals surface area contributed by atoms with Gasteiger partial charge in [0.25, 0.3) is 11.8 Å². The lowest BCUT2D eigenvalue weighted by molar-refractivity contribution is -0.141. The third-order valence-electron chi connectivity index (χ3n) is 12.1. The van der Waals surface area contributed by atoms with Gasteiger partial charge in [-0.05, 0) is 91.3 Å². The number of amides is 4. The van der Waals surface area contributed by atoms with Crippen LogP contribution in [-0.4, -0.2) is 99.9 Å². The van der Waals surface area contributed by atoms with Crippen molar-refractivity contribution in [2.75, 3.05) is 13.7 Å². The highest BCUT2D eigenvalue weighted by molar-refractivity contribution is 7.91. The molecule has 0 bridgehead atoms. The summed E-state index contributed by atoms with van der Waals surface area (Å²) in [6.45, 7) is 9.04. The summed E-state index contributed by atoms with van der Waals surface area (Å²) >= 11 is 0. The highest BCUT2D eigenvalue weighted by Gasteiger charge is 2.63. The van der Waals surface area contributed by atoms with Crippen LogP contribution in [0.25, 0.3) is 10.9 Å². The number of carbonyl (C=O) groups is 4. The van der Waals surface area contributed by atoms with Gasteiger partial charge in [-0.1, -0.05) is 25.0 Å². The van der Waals surface area contributed by atoms with E-state index in [0.717, 1.165) is 24.1 Å². The van der Waals surface area contributed by atoms with Crippen LogP contribution in [0.3, 0.4) is 0 Å². The number of sulfonamides is 1. The van der Waals surface area contributed by atoms with Gasteiger partial charge in [0.2, 0.25) is 27.7 Å².